The molecule has 6 amide bonds. The minimum atomic E-state index is -1.09. The van der Waals surface area contributed by atoms with Crippen molar-refractivity contribution in [1.82, 2.24) is 24.8 Å². The molecule has 65 heavy (non-hydrogen) atoms. The summed E-state index contributed by atoms with van der Waals surface area (Å²) in [5, 5.41) is 0. The van der Waals surface area contributed by atoms with E-state index >= 15 is 0 Å². The van der Waals surface area contributed by atoms with Gasteiger partial charge in [0, 0.05) is 35.9 Å². The van der Waals surface area contributed by atoms with E-state index in [0.717, 1.165) is 14.7 Å². The van der Waals surface area contributed by atoms with Crippen LogP contribution in [0.15, 0.2) is 110 Å². The Morgan fingerprint density at radius 3 is 1.31 bits per heavy atom. The maximum Gasteiger partial charge on any atom is 0.268 e. The Kier molecular flexibility index (Phi) is 10.1. The first kappa shape index (κ1) is 40.4. The summed E-state index contributed by atoms with van der Waals surface area (Å²) >= 11 is 0. The van der Waals surface area contributed by atoms with Gasteiger partial charge in [-0.2, -0.15) is 0 Å². The van der Waals surface area contributed by atoms with Crippen molar-refractivity contribution in [2.75, 3.05) is 42.8 Å². The predicted molar refractivity (Wildman–Crippen MR) is 221 cm³/mol. The van der Waals surface area contributed by atoms with Crippen LogP contribution in [0.4, 0.5) is 11.9 Å². The molecule has 5 heterocycles. The van der Waals surface area contributed by atoms with Crippen LogP contribution in [0, 0.1) is 5.92 Å². The quantitative estimate of drug-likeness (QED) is 0.0814. The summed E-state index contributed by atoms with van der Waals surface area (Å²) in [6.45, 7) is -0.242. The van der Waals surface area contributed by atoms with Crippen molar-refractivity contribution in [3.8, 4) is 23.0 Å². The number of imide groups is 3. The van der Waals surface area contributed by atoms with Crippen LogP contribution in [0.25, 0.3) is 0 Å². The zero-order valence-corrected chi connectivity index (χ0v) is 33.5. The third kappa shape index (κ3) is 7.05. The topological polar surface area (TPSA) is 235 Å². The summed E-state index contributed by atoms with van der Waals surface area (Å²) in [6, 6.07) is 20.7. The van der Waals surface area contributed by atoms with Crippen molar-refractivity contribution in [2.24, 2.45) is 5.92 Å². The van der Waals surface area contributed by atoms with Crippen molar-refractivity contribution in [3.05, 3.63) is 154 Å². The summed E-state index contributed by atoms with van der Waals surface area (Å²) in [5.41, 5.74) is 1.17. The van der Waals surface area contributed by atoms with Gasteiger partial charge in [0.15, 0.2) is 11.6 Å². The molecule has 0 saturated carbocycles. The SMILES string of the molecule is O=C1c2ccc(Oc3ccc4c(c3)C(=O)N(c3ncccn3)C4=O)cc2C(=O)C1COCCOCCN1C(=O)c2ccc(Oc3ccc4c(c3)C(=O)N(c3ncccn3)C4=O)cc2C1=O. The highest BCUT2D eigenvalue weighted by Gasteiger charge is 2.42. The molecule has 6 aromatic rings. The Morgan fingerprint density at radius 2 is 0.800 bits per heavy atom. The van der Waals surface area contributed by atoms with Crippen LogP contribution in [-0.2, 0) is 9.47 Å². The number of ether oxygens (including phenoxy) is 4. The molecule has 0 radical (unpaired) electrons. The van der Waals surface area contributed by atoms with E-state index in [2.05, 4.69) is 19.9 Å². The number of nitrogens with zero attached hydrogens (tertiary/aromatic N) is 7. The van der Waals surface area contributed by atoms with Gasteiger partial charge in [0.1, 0.15) is 28.9 Å². The van der Waals surface area contributed by atoms with Crippen LogP contribution in [0.5, 0.6) is 23.0 Å². The van der Waals surface area contributed by atoms with Crippen LogP contribution >= 0.6 is 0 Å². The number of hydrogen-bond donors (Lipinski definition) is 0. The fourth-order valence-corrected chi connectivity index (χ4v) is 7.78. The van der Waals surface area contributed by atoms with Crippen LogP contribution in [0.2, 0.25) is 0 Å². The van der Waals surface area contributed by atoms with Crippen molar-refractivity contribution in [3.63, 3.8) is 0 Å². The van der Waals surface area contributed by atoms with E-state index in [4.69, 9.17) is 18.9 Å². The minimum absolute atomic E-state index is 0.0124. The molecule has 19 heteroatoms. The number of hydrogen-bond acceptors (Lipinski definition) is 16. The van der Waals surface area contributed by atoms with Gasteiger partial charge in [-0.3, -0.25) is 43.3 Å². The smallest absolute Gasteiger partial charge is 0.268 e. The predicted octanol–water partition coefficient (Wildman–Crippen LogP) is 4.78. The number of ketones is 2. The van der Waals surface area contributed by atoms with Crippen molar-refractivity contribution in [1.29, 1.82) is 0 Å². The van der Waals surface area contributed by atoms with Crippen LogP contribution in [-0.4, -0.2) is 105 Å². The van der Waals surface area contributed by atoms with E-state index in [1.807, 2.05) is 0 Å². The second kappa shape index (κ2) is 16.2. The molecule has 0 bridgehead atoms. The summed E-state index contributed by atoms with van der Waals surface area (Å²) in [7, 11) is 0. The van der Waals surface area contributed by atoms with Crippen molar-refractivity contribution >= 4 is 58.9 Å². The Balaban J connectivity index is 0.687. The van der Waals surface area contributed by atoms with Crippen molar-refractivity contribution < 1.29 is 57.3 Å². The van der Waals surface area contributed by atoms with Gasteiger partial charge in [-0.15, -0.1) is 0 Å². The fourth-order valence-electron chi connectivity index (χ4n) is 7.78. The minimum Gasteiger partial charge on any atom is -0.457 e. The zero-order chi connectivity index (χ0) is 44.9. The Labute approximate surface area is 366 Å². The lowest BCUT2D eigenvalue weighted by Gasteiger charge is -2.14. The molecule has 0 spiro atoms. The summed E-state index contributed by atoms with van der Waals surface area (Å²) in [5.74, 6) is -4.60. The molecule has 1 atom stereocenters. The Bertz CT molecular complexity index is 2870. The number of benzene rings is 4. The molecule has 1 aliphatic carbocycles. The van der Waals surface area contributed by atoms with E-state index in [-0.39, 0.29) is 112 Å². The maximum absolute atomic E-state index is 13.3. The molecule has 4 aliphatic rings. The molecular weight excluding hydrogens is 843 g/mol. The van der Waals surface area contributed by atoms with E-state index in [9.17, 15) is 38.4 Å². The lowest BCUT2D eigenvalue weighted by Crippen LogP contribution is -2.33. The molecule has 4 aromatic carbocycles. The maximum atomic E-state index is 13.3. The third-order valence-electron chi connectivity index (χ3n) is 10.9. The average Bonchev–Trinajstić information content (AvgIpc) is 3.91. The summed E-state index contributed by atoms with van der Waals surface area (Å²) < 4.78 is 23.1. The number of Topliss-reactive ketones (excluding diaryl/α,β-unsaturated/α-hetero) is 2. The number of carbonyl (C=O) groups excluding carboxylic acids is 8. The van der Waals surface area contributed by atoms with Crippen LogP contribution in [0.3, 0.4) is 0 Å². The van der Waals surface area contributed by atoms with E-state index in [0.29, 0.717) is 0 Å². The van der Waals surface area contributed by atoms with E-state index < -0.39 is 52.9 Å². The van der Waals surface area contributed by atoms with Gasteiger partial charge >= 0.3 is 0 Å². The largest absolute Gasteiger partial charge is 0.457 e. The van der Waals surface area contributed by atoms with Gasteiger partial charge in [-0.05, 0) is 84.9 Å². The zero-order valence-electron chi connectivity index (χ0n) is 33.5. The number of amides is 6. The molecule has 10 rings (SSSR count). The number of aromatic nitrogens is 4. The summed E-state index contributed by atoms with van der Waals surface area (Å²) in [4.78, 5) is 124. The van der Waals surface area contributed by atoms with Gasteiger partial charge in [0.05, 0.1) is 66.4 Å². The highest BCUT2D eigenvalue weighted by molar-refractivity contribution is 6.35. The second-order valence-electron chi connectivity index (χ2n) is 14.8. The lowest BCUT2D eigenvalue weighted by molar-refractivity contribution is 0.0269. The second-order valence-corrected chi connectivity index (χ2v) is 14.8. The van der Waals surface area contributed by atoms with Crippen LogP contribution in [0.1, 0.15) is 82.9 Å². The Morgan fingerprint density at radius 1 is 0.415 bits per heavy atom. The Hall–Kier alpha value is -8.68. The number of rotatable bonds is 14. The number of anilines is 2. The van der Waals surface area contributed by atoms with E-state index in [1.165, 1.54) is 97.6 Å². The highest BCUT2D eigenvalue weighted by atomic mass is 16.5. The number of carbonyl (C=O) groups is 8. The molecule has 320 valence electrons. The van der Waals surface area contributed by atoms with Gasteiger partial charge in [0.2, 0.25) is 11.9 Å². The fraction of sp³-hybridized carbons (Fsp3) is 0.130. The lowest BCUT2D eigenvalue weighted by atomic mass is 10.1. The molecule has 19 nitrogen and oxygen atoms in total. The molecule has 2 aromatic heterocycles. The molecular formula is C46H29N7O12. The monoisotopic (exact) mass is 871 g/mol. The first-order chi connectivity index (χ1) is 31.6. The van der Waals surface area contributed by atoms with Gasteiger partial charge in [-0.1, -0.05) is 0 Å². The van der Waals surface area contributed by atoms with Gasteiger partial charge in [-0.25, -0.2) is 29.7 Å². The highest BCUT2D eigenvalue weighted by Crippen LogP contribution is 2.36. The first-order valence-electron chi connectivity index (χ1n) is 19.9. The molecule has 3 aliphatic heterocycles. The van der Waals surface area contributed by atoms with Crippen LogP contribution < -0.4 is 19.3 Å². The molecule has 1 unspecified atom stereocenters. The molecule has 0 N–H and O–H groups in total. The van der Waals surface area contributed by atoms with Gasteiger partial charge < -0.3 is 18.9 Å². The molecule has 0 saturated heterocycles. The first-order valence-corrected chi connectivity index (χ1v) is 19.9. The van der Waals surface area contributed by atoms with Crippen molar-refractivity contribution in [2.45, 2.75) is 0 Å². The van der Waals surface area contributed by atoms with E-state index in [1.54, 1.807) is 12.1 Å². The standard InChI is InChI=1S/C46H29N7O12/c54-37-28-7-3-24(64-26-5-9-30-34(21-26)43(60)52(41(30)58)45-47-11-1-12-48-45)19-32(28)38(55)36(37)23-63-18-17-62-16-15-51-39(56)29-8-4-25(20-33(29)40(51)57)65-27-6-10-31-35(22-27)44(61)53(42(31)59)46-49-13-2-14-50-46/h1-14,19-22,36H,15-18,23H2. The number of fused-ring (bicyclic) bond motifs is 4. The average molecular weight is 872 g/mol. The summed E-state index contributed by atoms with van der Waals surface area (Å²) in [6.07, 6.45) is 5.67. The normalized spacial score (nSPS) is 16.1. The molecule has 0 fully saturated rings. The third-order valence-corrected chi connectivity index (χ3v) is 10.9. The van der Waals surface area contributed by atoms with Gasteiger partial charge in [0.25, 0.3) is 35.4 Å².